The molecule has 0 aromatic heterocycles. The fourth-order valence-corrected chi connectivity index (χ4v) is 6.44. The number of piperidine rings is 1. The van der Waals surface area contributed by atoms with Crippen LogP contribution in [0.2, 0.25) is 0 Å². The average molecular weight is 469 g/mol. The van der Waals surface area contributed by atoms with Crippen molar-refractivity contribution in [2.45, 2.75) is 109 Å². The Morgan fingerprint density at radius 1 is 1.21 bits per heavy atom. The van der Waals surface area contributed by atoms with Gasteiger partial charge < -0.3 is 20.7 Å². The maximum Gasteiger partial charge on any atom is 0.268 e. The van der Waals surface area contributed by atoms with Crippen molar-refractivity contribution >= 4 is 17.4 Å². The van der Waals surface area contributed by atoms with E-state index in [0.717, 1.165) is 62.9 Å². The van der Waals surface area contributed by atoms with E-state index < -0.39 is 6.10 Å². The highest BCUT2D eigenvalue weighted by atomic mass is 16.5. The second kappa shape index (κ2) is 11.1. The van der Waals surface area contributed by atoms with Crippen molar-refractivity contribution in [2.75, 3.05) is 11.4 Å². The van der Waals surface area contributed by atoms with Crippen LogP contribution in [0.5, 0.6) is 5.75 Å². The second-order valence-corrected chi connectivity index (χ2v) is 11.3. The quantitative estimate of drug-likeness (QED) is 0.257. The van der Waals surface area contributed by atoms with Crippen LogP contribution in [0.1, 0.15) is 90.9 Å². The van der Waals surface area contributed by atoms with E-state index in [1.165, 1.54) is 32.1 Å². The van der Waals surface area contributed by atoms with Gasteiger partial charge in [-0.25, -0.2) is 0 Å². The third-order valence-electron chi connectivity index (χ3n) is 8.31. The number of nitrogens with zero attached hydrogens (tertiary/aromatic N) is 1. The van der Waals surface area contributed by atoms with E-state index in [0.29, 0.717) is 17.8 Å². The number of carbonyl (C=O) groups excluding carboxylic acids is 1. The monoisotopic (exact) mass is 468 g/mol. The van der Waals surface area contributed by atoms with Crippen molar-refractivity contribution < 1.29 is 9.53 Å². The normalized spacial score (nSPS) is 31.6. The van der Waals surface area contributed by atoms with Gasteiger partial charge in [-0.05, 0) is 76.8 Å². The zero-order valence-electron chi connectivity index (χ0n) is 21.2. The molecule has 1 aliphatic carbocycles. The number of anilines is 1. The summed E-state index contributed by atoms with van der Waals surface area (Å²) < 4.78 is 6.22. The number of benzene rings is 1. The number of amidine groups is 1. The van der Waals surface area contributed by atoms with Gasteiger partial charge in [0.1, 0.15) is 5.75 Å². The van der Waals surface area contributed by atoms with Crippen LogP contribution in [0.25, 0.3) is 0 Å². The van der Waals surface area contributed by atoms with Crippen molar-refractivity contribution in [3.05, 3.63) is 24.3 Å². The maximum absolute atomic E-state index is 13.5. The first-order valence-electron chi connectivity index (χ1n) is 13.5. The summed E-state index contributed by atoms with van der Waals surface area (Å²) in [5.41, 5.74) is 6.96. The van der Waals surface area contributed by atoms with E-state index in [4.69, 9.17) is 15.9 Å². The highest BCUT2D eigenvalue weighted by Crippen LogP contribution is 2.38. The summed E-state index contributed by atoms with van der Waals surface area (Å²) in [6.45, 7) is 5.41. The molecule has 1 aromatic carbocycles. The lowest BCUT2D eigenvalue weighted by atomic mass is 9.78. The Hall–Kier alpha value is -2.08. The van der Waals surface area contributed by atoms with Crippen LogP contribution < -0.4 is 20.7 Å². The summed E-state index contributed by atoms with van der Waals surface area (Å²) in [5, 5.41) is 11.6. The first-order chi connectivity index (χ1) is 16.3. The number of nitrogens with one attached hydrogen (secondary N) is 2. The lowest BCUT2D eigenvalue weighted by Gasteiger charge is -2.39. The van der Waals surface area contributed by atoms with Crippen LogP contribution in [0.4, 0.5) is 5.69 Å². The molecule has 4 rings (SSSR count). The predicted molar refractivity (Wildman–Crippen MR) is 139 cm³/mol. The number of unbranched alkanes of at least 4 members (excludes halogenated alkanes) is 2. The summed E-state index contributed by atoms with van der Waals surface area (Å²) in [5.74, 6) is 1.75. The Bertz CT molecular complexity index is 859. The smallest absolute Gasteiger partial charge is 0.268 e. The topological polar surface area (TPSA) is 91.4 Å². The van der Waals surface area contributed by atoms with Crippen LogP contribution in [0.3, 0.4) is 0 Å². The molecule has 2 heterocycles. The number of amides is 1. The highest BCUT2D eigenvalue weighted by Gasteiger charge is 2.37. The van der Waals surface area contributed by atoms with E-state index >= 15 is 0 Å². The van der Waals surface area contributed by atoms with Gasteiger partial charge in [0.15, 0.2) is 6.10 Å². The fraction of sp³-hybridized carbons (Fsp3) is 0.714. The SMILES string of the molecule is C[C@H]1CCC[C@@](C)(CCCCCN2C(=O)C(CC3CCCC(C(=N)N)C3)Oc3ccccc32)N1. The Kier molecular flexibility index (Phi) is 8.18. The van der Waals surface area contributed by atoms with E-state index in [1.54, 1.807) is 0 Å². The van der Waals surface area contributed by atoms with Crippen LogP contribution in [-0.2, 0) is 4.79 Å². The zero-order chi connectivity index (χ0) is 24.1. The van der Waals surface area contributed by atoms with Gasteiger partial charge in [0.2, 0.25) is 0 Å². The molecule has 0 bridgehead atoms. The number of carbonyl (C=O) groups is 1. The summed E-state index contributed by atoms with van der Waals surface area (Å²) >= 11 is 0. The van der Waals surface area contributed by atoms with E-state index in [-0.39, 0.29) is 17.4 Å². The van der Waals surface area contributed by atoms with Gasteiger partial charge >= 0.3 is 0 Å². The number of hydrogen-bond acceptors (Lipinski definition) is 4. The molecule has 5 atom stereocenters. The van der Waals surface area contributed by atoms with Gasteiger partial charge in [0.05, 0.1) is 11.5 Å². The average Bonchev–Trinajstić information content (AvgIpc) is 2.81. The fourth-order valence-electron chi connectivity index (χ4n) is 6.44. The Balaban J connectivity index is 1.32. The van der Waals surface area contributed by atoms with Crippen molar-refractivity contribution in [1.82, 2.24) is 5.32 Å². The molecule has 6 nitrogen and oxygen atoms in total. The molecule has 0 spiro atoms. The summed E-state index contributed by atoms with van der Waals surface area (Å²) in [7, 11) is 0. The van der Waals surface area contributed by atoms with Crippen LogP contribution >= 0.6 is 0 Å². The maximum atomic E-state index is 13.5. The van der Waals surface area contributed by atoms with E-state index in [2.05, 4.69) is 19.2 Å². The minimum absolute atomic E-state index is 0.0957. The minimum Gasteiger partial charge on any atom is -0.478 e. The van der Waals surface area contributed by atoms with Crippen molar-refractivity contribution in [1.29, 1.82) is 5.41 Å². The second-order valence-electron chi connectivity index (χ2n) is 11.3. The molecule has 6 heteroatoms. The van der Waals surface area contributed by atoms with Crippen LogP contribution in [-0.4, -0.2) is 36.0 Å². The largest absolute Gasteiger partial charge is 0.478 e. The minimum atomic E-state index is -0.433. The Morgan fingerprint density at radius 3 is 2.82 bits per heavy atom. The molecule has 0 radical (unpaired) electrons. The van der Waals surface area contributed by atoms with Crippen LogP contribution in [0, 0.1) is 17.2 Å². The number of nitrogens with two attached hydrogens (primary N) is 1. The van der Waals surface area contributed by atoms with Crippen molar-refractivity contribution in [2.24, 2.45) is 17.6 Å². The molecule has 1 amide bonds. The molecule has 1 saturated heterocycles. The summed E-state index contributed by atoms with van der Waals surface area (Å²) in [4.78, 5) is 15.5. The molecule has 34 heavy (non-hydrogen) atoms. The first-order valence-corrected chi connectivity index (χ1v) is 13.5. The van der Waals surface area contributed by atoms with Gasteiger partial charge in [0.25, 0.3) is 5.91 Å². The van der Waals surface area contributed by atoms with Crippen LogP contribution in [0.15, 0.2) is 24.3 Å². The summed E-state index contributed by atoms with van der Waals surface area (Å²) in [6.07, 6.45) is 12.7. The molecular formula is C28H44N4O2. The molecule has 1 saturated carbocycles. The van der Waals surface area contributed by atoms with Gasteiger partial charge in [-0.3, -0.25) is 10.2 Å². The number of ether oxygens (including phenoxy) is 1. The predicted octanol–water partition coefficient (Wildman–Crippen LogP) is 5.39. The highest BCUT2D eigenvalue weighted by molar-refractivity contribution is 6.00. The molecule has 1 aromatic rings. The first kappa shape index (κ1) is 25.0. The zero-order valence-corrected chi connectivity index (χ0v) is 21.2. The van der Waals surface area contributed by atoms with Gasteiger partial charge in [-0.2, -0.15) is 0 Å². The number of fused-ring (bicyclic) bond motifs is 1. The molecule has 188 valence electrons. The number of rotatable bonds is 9. The third-order valence-corrected chi connectivity index (χ3v) is 8.31. The van der Waals surface area contributed by atoms with E-state index in [9.17, 15) is 4.79 Å². The van der Waals surface area contributed by atoms with Gasteiger partial charge in [-0.15, -0.1) is 0 Å². The Morgan fingerprint density at radius 2 is 2.03 bits per heavy atom. The molecule has 3 aliphatic rings. The van der Waals surface area contributed by atoms with Crippen molar-refractivity contribution in [3.63, 3.8) is 0 Å². The van der Waals surface area contributed by atoms with Gasteiger partial charge in [0, 0.05) is 24.0 Å². The lowest BCUT2D eigenvalue weighted by Crippen LogP contribution is -2.50. The number of hydrogen-bond donors (Lipinski definition) is 3. The lowest BCUT2D eigenvalue weighted by molar-refractivity contribution is -0.127. The molecule has 3 unspecified atom stereocenters. The van der Waals surface area contributed by atoms with Crippen molar-refractivity contribution in [3.8, 4) is 5.75 Å². The third kappa shape index (κ3) is 6.12. The number of para-hydroxylation sites is 2. The standard InChI is InChI=1S/C28H44N4O2/c1-20-10-9-16-28(2,31-20)15-6-3-7-17-32-23-13-4-5-14-24(23)34-25(27(32)33)19-21-11-8-12-22(18-21)26(29)30/h4-5,13-14,20-22,25,31H,3,6-12,15-19H2,1-2H3,(H3,29,30)/t20-,21?,22?,25?,28+/m0/s1. The molecule has 2 fully saturated rings. The summed E-state index contributed by atoms with van der Waals surface area (Å²) in [6, 6.07) is 8.57. The van der Waals surface area contributed by atoms with Gasteiger partial charge in [-0.1, -0.05) is 44.2 Å². The Labute approximate surface area is 205 Å². The van der Waals surface area contributed by atoms with E-state index in [1.807, 2.05) is 29.2 Å². The molecule has 4 N–H and O–H groups in total. The molecule has 2 aliphatic heterocycles. The molecular weight excluding hydrogens is 424 g/mol.